The predicted octanol–water partition coefficient (Wildman–Crippen LogP) is 4.87. The van der Waals surface area contributed by atoms with Crippen LogP contribution in [-0.4, -0.2) is 107 Å². The molecule has 54 heavy (non-hydrogen) atoms. The van der Waals surface area contributed by atoms with Crippen LogP contribution < -0.4 is 29.9 Å². The zero-order chi connectivity index (χ0) is 37.8. The summed E-state index contributed by atoms with van der Waals surface area (Å²) >= 11 is 0. The first kappa shape index (κ1) is 36.2. The Hall–Kier alpha value is -4.79. The Bertz CT molecular complexity index is 2000. The Morgan fingerprint density at radius 1 is 1.06 bits per heavy atom. The number of imide groups is 1. The van der Waals surface area contributed by atoms with Crippen molar-refractivity contribution in [2.75, 3.05) is 62.2 Å². The second-order valence-electron chi connectivity index (χ2n) is 15.3. The van der Waals surface area contributed by atoms with Crippen molar-refractivity contribution in [3.05, 3.63) is 46.9 Å². The van der Waals surface area contributed by atoms with Crippen LogP contribution in [0.25, 0.3) is 10.8 Å². The summed E-state index contributed by atoms with van der Waals surface area (Å²) in [6.07, 6.45) is 2.99. The Morgan fingerprint density at radius 3 is 2.63 bits per heavy atom. The van der Waals surface area contributed by atoms with E-state index in [0.717, 1.165) is 41.4 Å². The molecule has 4 fully saturated rings. The van der Waals surface area contributed by atoms with Crippen molar-refractivity contribution in [3.63, 3.8) is 0 Å². The molecular weight excluding hydrogens is 698 g/mol. The highest BCUT2D eigenvalue weighted by atomic mass is 19.1. The van der Waals surface area contributed by atoms with E-state index >= 15 is 4.39 Å². The van der Waals surface area contributed by atoms with Gasteiger partial charge in [-0.1, -0.05) is 13.0 Å². The normalized spacial score (nSPS) is 25.2. The lowest BCUT2D eigenvalue weighted by Crippen LogP contribution is -2.59. The van der Waals surface area contributed by atoms with E-state index in [-0.39, 0.29) is 30.9 Å². The number of benzene rings is 2. The number of nitrogens with one attached hydrogen (secondary N) is 2. The minimum atomic E-state index is -1.07. The monoisotopic (exact) mass is 746 g/mol. The molecule has 0 unspecified atom stereocenters. The highest BCUT2D eigenvalue weighted by Crippen LogP contribution is 2.42. The second-order valence-corrected chi connectivity index (χ2v) is 15.3. The third-order valence-corrected chi connectivity index (χ3v) is 12.1. The third kappa shape index (κ3) is 6.33. The van der Waals surface area contributed by atoms with E-state index in [4.69, 9.17) is 19.4 Å². The standard InChI is InChI=1S/C39H48F2N8O5/c1-4-27-29(41)10-9-24-17-26(54-37(52)46(5-2)6-3)18-31(32(24)27)47-16-11-28-30(21-47)42-36(53-23-38-12-7-15-49(38)20-25(40)19-38)43-33(28)48-14-8-13-39(22-48)34(50)44-35(51)45-39/h9-10,17-18,25H,4-8,11-16,19-23H2,1-3H3,(H2,44,45,50,51)/t25-,38+,39-/m1/s1. The summed E-state index contributed by atoms with van der Waals surface area (Å²) in [5.74, 6) is 0.351. The lowest BCUT2D eigenvalue weighted by atomic mass is 9.88. The van der Waals surface area contributed by atoms with E-state index in [1.54, 1.807) is 17.0 Å². The molecule has 3 aromatic rings. The highest BCUT2D eigenvalue weighted by molar-refractivity contribution is 6.07. The van der Waals surface area contributed by atoms with Crippen LogP contribution in [0.5, 0.6) is 11.8 Å². The maximum atomic E-state index is 15.4. The molecule has 3 atom stereocenters. The highest BCUT2D eigenvalue weighted by Gasteiger charge is 2.51. The van der Waals surface area contributed by atoms with Crippen molar-refractivity contribution >= 4 is 40.3 Å². The van der Waals surface area contributed by atoms with Gasteiger partial charge in [0.15, 0.2) is 0 Å². The molecular formula is C39H48F2N8O5. The van der Waals surface area contributed by atoms with E-state index in [9.17, 15) is 18.8 Å². The van der Waals surface area contributed by atoms with E-state index in [1.165, 1.54) is 6.07 Å². The summed E-state index contributed by atoms with van der Waals surface area (Å²) in [6.45, 7) is 9.88. The molecule has 0 aliphatic carbocycles. The number of halogens is 2. The number of fused-ring (bicyclic) bond motifs is 3. The molecule has 0 saturated carbocycles. The summed E-state index contributed by atoms with van der Waals surface area (Å²) in [5.41, 5.74) is 1.43. The van der Waals surface area contributed by atoms with E-state index in [1.807, 2.05) is 31.7 Å². The molecule has 2 aromatic carbocycles. The van der Waals surface area contributed by atoms with Gasteiger partial charge in [0.2, 0.25) is 0 Å². The number of piperidine rings is 1. The van der Waals surface area contributed by atoms with Gasteiger partial charge in [0, 0.05) is 61.8 Å². The quantitative estimate of drug-likeness (QED) is 0.293. The molecule has 4 amide bonds. The molecule has 0 radical (unpaired) electrons. The first-order chi connectivity index (χ1) is 26.0. The van der Waals surface area contributed by atoms with Gasteiger partial charge >= 0.3 is 18.1 Å². The average molecular weight is 747 g/mol. The number of carbonyl (C=O) groups excluding carboxylic acids is 3. The molecule has 2 N–H and O–H groups in total. The molecule has 5 aliphatic rings. The Balaban J connectivity index is 1.18. The minimum Gasteiger partial charge on any atom is -0.461 e. The van der Waals surface area contributed by atoms with Crippen LogP contribution in [0.1, 0.15) is 69.7 Å². The number of nitrogens with zero attached hydrogens (tertiary/aromatic N) is 6. The maximum absolute atomic E-state index is 15.4. The van der Waals surface area contributed by atoms with Crippen molar-refractivity contribution in [1.29, 1.82) is 0 Å². The first-order valence-electron chi connectivity index (χ1n) is 19.3. The van der Waals surface area contributed by atoms with Crippen molar-refractivity contribution in [3.8, 4) is 11.8 Å². The van der Waals surface area contributed by atoms with Crippen molar-refractivity contribution in [1.82, 2.24) is 30.4 Å². The molecule has 6 heterocycles. The van der Waals surface area contributed by atoms with Crippen molar-refractivity contribution in [2.24, 2.45) is 0 Å². The smallest absolute Gasteiger partial charge is 0.415 e. The van der Waals surface area contributed by atoms with Crippen molar-refractivity contribution in [2.45, 2.75) is 89.5 Å². The molecule has 5 aliphatic heterocycles. The number of rotatable bonds is 9. The maximum Gasteiger partial charge on any atom is 0.415 e. The number of urea groups is 1. The van der Waals surface area contributed by atoms with Gasteiger partial charge in [-0.05, 0) is 82.0 Å². The number of carbonyl (C=O) groups is 3. The van der Waals surface area contributed by atoms with Gasteiger partial charge in [0.1, 0.15) is 35.7 Å². The van der Waals surface area contributed by atoms with Crippen LogP contribution >= 0.6 is 0 Å². The number of aromatic nitrogens is 2. The van der Waals surface area contributed by atoms with Crippen LogP contribution in [-0.2, 0) is 24.2 Å². The number of amides is 4. The molecule has 1 aromatic heterocycles. The molecule has 8 rings (SSSR count). The van der Waals surface area contributed by atoms with Gasteiger partial charge < -0.3 is 29.5 Å². The first-order valence-corrected chi connectivity index (χ1v) is 19.3. The van der Waals surface area contributed by atoms with Crippen molar-refractivity contribution < 1.29 is 32.6 Å². The Kier molecular flexibility index (Phi) is 9.47. The Labute approximate surface area is 313 Å². The average Bonchev–Trinajstić information content (AvgIpc) is 3.78. The summed E-state index contributed by atoms with van der Waals surface area (Å²) in [4.78, 5) is 56.3. The number of ether oxygens (including phenoxy) is 2. The van der Waals surface area contributed by atoms with E-state index in [2.05, 4.69) is 20.4 Å². The van der Waals surface area contributed by atoms with E-state index in [0.29, 0.717) is 94.2 Å². The van der Waals surface area contributed by atoms with Gasteiger partial charge in [-0.2, -0.15) is 9.97 Å². The van der Waals surface area contributed by atoms with Gasteiger partial charge in [-0.15, -0.1) is 0 Å². The van der Waals surface area contributed by atoms with E-state index < -0.39 is 29.4 Å². The SMILES string of the molecule is CCc1c(F)ccc2cc(OC(=O)N(CC)CC)cc(N3CCc4c(nc(OC[C@@]56CCCN5C[C@H](F)C6)nc4N4CCC[C@]5(C4)NC(=O)NC5=O)C3)c12. The fraction of sp³-hybridized carbons (Fsp3) is 0.564. The summed E-state index contributed by atoms with van der Waals surface area (Å²) < 4.78 is 42.4. The van der Waals surface area contributed by atoms with Gasteiger partial charge in [0.25, 0.3) is 5.91 Å². The third-order valence-electron chi connectivity index (χ3n) is 12.1. The minimum absolute atomic E-state index is 0.167. The predicted molar refractivity (Wildman–Crippen MR) is 198 cm³/mol. The summed E-state index contributed by atoms with van der Waals surface area (Å²) in [5, 5.41) is 6.77. The molecule has 1 spiro atoms. The van der Waals surface area contributed by atoms with Crippen LogP contribution in [0.4, 0.5) is 29.9 Å². The second kappa shape index (κ2) is 14.1. The molecule has 4 saturated heterocycles. The summed E-state index contributed by atoms with van der Waals surface area (Å²) in [7, 11) is 0. The van der Waals surface area contributed by atoms with Crippen LogP contribution in [0.15, 0.2) is 24.3 Å². The number of anilines is 2. The molecule has 13 nitrogen and oxygen atoms in total. The number of hydrogen-bond donors (Lipinski definition) is 2. The largest absolute Gasteiger partial charge is 0.461 e. The number of aryl methyl sites for hydroxylation is 1. The number of hydrogen-bond acceptors (Lipinski definition) is 10. The lowest BCUT2D eigenvalue weighted by Gasteiger charge is -2.40. The Morgan fingerprint density at radius 2 is 1.87 bits per heavy atom. The topological polar surface area (TPSA) is 132 Å². The zero-order valence-electron chi connectivity index (χ0n) is 31.2. The van der Waals surface area contributed by atoms with Crippen LogP contribution in [0.2, 0.25) is 0 Å². The fourth-order valence-corrected chi connectivity index (χ4v) is 9.39. The molecule has 288 valence electrons. The fourth-order valence-electron chi connectivity index (χ4n) is 9.39. The summed E-state index contributed by atoms with van der Waals surface area (Å²) in [6, 6.07) is 6.42. The van der Waals surface area contributed by atoms with Gasteiger partial charge in [0.05, 0.1) is 24.3 Å². The lowest BCUT2D eigenvalue weighted by molar-refractivity contribution is -0.124. The van der Waals surface area contributed by atoms with Crippen LogP contribution in [0.3, 0.4) is 0 Å². The number of alkyl halides is 1. The molecule has 0 bridgehead atoms. The zero-order valence-corrected chi connectivity index (χ0v) is 31.2. The van der Waals surface area contributed by atoms with Gasteiger partial charge in [-0.25, -0.2) is 18.4 Å². The van der Waals surface area contributed by atoms with Crippen LogP contribution in [0, 0.1) is 5.82 Å². The molecule has 15 heteroatoms. The van der Waals surface area contributed by atoms with Gasteiger partial charge in [-0.3, -0.25) is 15.0 Å².